The maximum absolute atomic E-state index is 12.4. The zero-order chi connectivity index (χ0) is 17.9. The molecule has 1 aliphatic rings. The summed E-state index contributed by atoms with van der Waals surface area (Å²) in [7, 11) is -2.03. The lowest BCUT2D eigenvalue weighted by molar-refractivity contribution is 0.102. The van der Waals surface area contributed by atoms with Crippen LogP contribution < -0.4 is 5.32 Å². The Bertz CT molecular complexity index is 908. The predicted octanol–water partition coefficient (Wildman–Crippen LogP) is 4.06. The van der Waals surface area contributed by atoms with Gasteiger partial charge < -0.3 is 5.32 Å². The van der Waals surface area contributed by atoms with Crippen molar-refractivity contribution >= 4 is 32.9 Å². The van der Waals surface area contributed by atoms with Crippen LogP contribution in [0.1, 0.15) is 34.5 Å². The summed E-state index contributed by atoms with van der Waals surface area (Å²) in [6, 6.07) is 10.8. The van der Waals surface area contributed by atoms with E-state index in [1.54, 1.807) is 18.2 Å². The molecular formula is C18H20ClN3O2S. The van der Waals surface area contributed by atoms with Gasteiger partial charge in [0.05, 0.1) is 12.1 Å². The second kappa shape index (κ2) is 7.54. The molecule has 1 saturated heterocycles. The van der Waals surface area contributed by atoms with Gasteiger partial charge in [-0.05, 0) is 49.6 Å². The summed E-state index contributed by atoms with van der Waals surface area (Å²) in [4.78, 5) is 16.5. The number of anilines is 1. The van der Waals surface area contributed by atoms with E-state index in [0.29, 0.717) is 29.3 Å². The summed E-state index contributed by atoms with van der Waals surface area (Å²) >= 11 is 6.04. The van der Waals surface area contributed by atoms with Crippen LogP contribution in [0.5, 0.6) is 0 Å². The van der Waals surface area contributed by atoms with Crippen molar-refractivity contribution in [3.63, 3.8) is 0 Å². The zero-order valence-corrected chi connectivity index (χ0v) is 15.6. The van der Waals surface area contributed by atoms with Gasteiger partial charge >= 0.3 is 0 Å². The summed E-state index contributed by atoms with van der Waals surface area (Å²) in [6.45, 7) is 2.21. The quantitative estimate of drug-likeness (QED) is 0.817. The van der Waals surface area contributed by atoms with Gasteiger partial charge in [-0.2, -0.15) is 0 Å². The Morgan fingerprint density at radius 1 is 1.28 bits per heavy atom. The Labute approximate surface area is 153 Å². The van der Waals surface area contributed by atoms with Gasteiger partial charge in [0.2, 0.25) is 0 Å². The van der Waals surface area contributed by atoms with E-state index < -0.39 is 9.73 Å². The molecule has 1 aromatic heterocycles. The minimum atomic E-state index is -2.03. The summed E-state index contributed by atoms with van der Waals surface area (Å²) in [5.74, 6) is 1.08. The largest absolute Gasteiger partial charge is 0.322 e. The minimum absolute atomic E-state index is 0.182. The molecule has 2 aromatic rings. The predicted molar refractivity (Wildman–Crippen MR) is 102 cm³/mol. The van der Waals surface area contributed by atoms with Crippen LogP contribution in [-0.2, 0) is 16.3 Å². The number of halogens is 1. The molecule has 0 atom stereocenters. The maximum Gasteiger partial charge on any atom is 0.258 e. The molecule has 1 N–H and O–H groups in total. The van der Waals surface area contributed by atoms with Crippen molar-refractivity contribution in [2.75, 3.05) is 16.8 Å². The molecular weight excluding hydrogens is 358 g/mol. The topological polar surface area (TPSA) is 71.4 Å². The van der Waals surface area contributed by atoms with Crippen LogP contribution in [0.15, 0.2) is 40.8 Å². The van der Waals surface area contributed by atoms with E-state index in [2.05, 4.69) is 14.7 Å². The number of hydrogen-bond donors (Lipinski definition) is 1. The normalized spacial score (nSPS) is 15.8. The van der Waals surface area contributed by atoms with Crippen molar-refractivity contribution in [2.45, 2.75) is 26.3 Å². The summed E-state index contributed by atoms with van der Waals surface area (Å²) in [5.41, 5.74) is 2.65. The Kier molecular flexibility index (Phi) is 5.39. The lowest BCUT2D eigenvalue weighted by Gasteiger charge is -2.08. The molecule has 0 aliphatic carbocycles. The monoisotopic (exact) mass is 377 g/mol. The fourth-order valence-corrected chi connectivity index (χ4v) is 5.16. The fourth-order valence-electron chi connectivity index (χ4n) is 2.72. The Morgan fingerprint density at radius 2 is 2.04 bits per heavy atom. The smallest absolute Gasteiger partial charge is 0.258 e. The second-order valence-corrected chi connectivity index (χ2v) is 9.10. The summed E-state index contributed by atoms with van der Waals surface area (Å²) in [6.07, 6.45) is 1.98. The Hall–Kier alpha value is -1.92. The third kappa shape index (κ3) is 4.58. The third-order valence-corrected chi connectivity index (χ3v) is 6.82. The van der Waals surface area contributed by atoms with Crippen molar-refractivity contribution in [3.05, 3.63) is 58.4 Å². The lowest BCUT2D eigenvalue weighted by Crippen LogP contribution is -2.13. The van der Waals surface area contributed by atoms with Crippen molar-refractivity contribution in [1.29, 1.82) is 0 Å². The van der Waals surface area contributed by atoms with Crippen LogP contribution in [0.2, 0.25) is 5.15 Å². The van der Waals surface area contributed by atoms with Crippen LogP contribution in [0.3, 0.4) is 0 Å². The number of rotatable bonds is 4. The van der Waals surface area contributed by atoms with Gasteiger partial charge in [-0.3, -0.25) is 4.79 Å². The van der Waals surface area contributed by atoms with Crippen LogP contribution in [0, 0.1) is 6.92 Å². The minimum Gasteiger partial charge on any atom is -0.322 e. The number of pyridine rings is 1. The van der Waals surface area contributed by atoms with Gasteiger partial charge in [0.15, 0.2) is 0 Å². The average molecular weight is 378 g/mol. The molecule has 25 heavy (non-hydrogen) atoms. The van der Waals surface area contributed by atoms with E-state index in [1.807, 2.05) is 25.1 Å². The number of nitrogens with one attached hydrogen (secondary N) is 1. The Balaban J connectivity index is 1.73. The number of carbonyl (C=O) groups excluding carboxylic acids is 1. The number of benzene rings is 1. The maximum atomic E-state index is 12.4. The number of aryl methyl sites for hydroxylation is 1. The van der Waals surface area contributed by atoms with Gasteiger partial charge in [0.25, 0.3) is 5.91 Å². The molecule has 0 unspecified atom stereocenters. The number of nitrogens with zero attached hydrogens (tertiary/aromatic N) is 2. The van der Waals surface area contributed by atoms with Crippen LogP contribution in [0.4, 0.5) is 5.69 Å². The van der Waals surface area contributed by atoms with E-state index >= 15 is 0 Å². The molecule has 0 spiro atoms. The first-order chi connectivity index (χ1) is 12.0. The molecule has 1 fully saturated rings. The highest BCUT2D eigenvalue weighted by Crippen LogP contribution is 2.19. The standard InChI is InChI=1S/C18H20ClN3O2S/c1-13-7-8-16(17(19)21-13)18(23)22-15-6-4-5-14(11-15)12-20-25(24)9-2-3-10-25/h4-8,11H,2-3,9-10,12H2,1H3,(H,22,23). The van der Waals surface area contributed by atoms with Gasteiger partial charge in [-0.1, -0.05) is 23.7 Å². The summed E-state index contributed by atoms with van der Waals surface area (Å²) < 4.78 is 16.8. The molecule has 0 saturated carbocycles. The molecule has 1 aliphatic heterocycles. The number of aromatic nitrogens is 1. The molecule has 7 heteroatoms. The molecule has 1 aromatic carbocycles. The third-order valence-electron chi connectivity index (χ3n) is 4.08. The second-order valence-electron chi connectivity index (χ2n) is 6.12. The highest BCUT2D eigenvalue weighted by atomic mass is 35.5. The molecule has 1 amide bonds. The molecule has 5 nitrogen and oxygen atoms in total. The summed E-state index contributed by atoms with van der Waals surface area (Å²) in [5, 5.41) is 3.00. The fraction of sp³-hybridized carbons (Fsp3) is 0.333. The average Bonchev–Trinajstić information content (AvgIpc) is 3.00. The van der Waals surface area contributed by atoms with Crippen molar-refractivity contribution < 1.29 is 9.00 Å². The van der Waals surface area contributed by atoms with Crippen molar-refractivity contribution in [3.8, 4) is 0 Å². The molecule has 2 heterocycles. The van der Waals surface area contributed by atoms with Crippen LogP contribution in [-0.4, -0.2) is 26.6 Å². The van der Waals surface area contributed by atoms with Crippen LogP contribution in [0.25, 0.3) is 0 Å². The van der Waals surface area contributed by atoms with Gasteiger partial charge in [0, 0.05) is 32.6 Å². The number of carbonyl (C=O) groups is 1. The van der Waals surface area contributed by atoms with E-state index in [-0.39, 0.29) is 11.1 Å². The van der Waals surface area contributed by atoms with Crippen LogP contribution >= 0.6 is 11.6 Å². The number of amides is 1. The molecule has 3 rings (SSSR count). The highest BCUT2D eigenvalue weighted by Gasteiger charge is 2.16. The van der Waals surface area contributed by atoms with Gasteiger partial charge in [0.1, 0.15) is 5.15 Å². The first-order valence-electron chi connectivity index (χ1n) is 8.17. The van der Waals surface area contributed by atoms with E-state index in [1.165, 1.54) is 0 Å². The van der Waals surface area contributed by atoms with E-state index in [4.69, 9.17) is 11.6 Å². The zero-order valence-electron chi connectivity index (χ0n) is 14.0. The lowest BCUT2D eigenvalue weighted by atomic mass is 10.2. The first-order valence-corrected chi connectivity index (χ1v) is 10.4. The van der Waals surface area contributed by atoms with E-state index in [0.717, 1.165) is 24.1 Å². The van der Waals surface area contributed by atoms with Gasteiger partial charge in [-0.25, -0.2) is 13.6 Å². The molecule has 132 valence electrons. The van der Waals surface area contributed by atoms with E-state index in [9.17, 15) is 9.00 Å². The van der Waals surface area contributed by atoms with Crippen molar-refractivity contribution in [1.82, 2.24) is 4.98 Å². The Morgan fingerprint density at radius 3 is 2.76 bits per heavy atom. The highest BCUT2D eigenvalue weighted by molar-refractivity contribution is 7.93. The van der Waals surface area contributed by atoms with Gasteiger partial charge in [-0.15, -0.1) is 0 Å². The molecule has 0 radical (unpaired) electrons. The SMILES string of the molecule is Cc1ccc(C(=O)Nc2cccc(CN=S3(=O)CCCC3)c2)c(Cl)n1. The number of hydrogen-bond acceptors (Lipinski definition) is 4. The molecule has 0 bridgehead atoms. The first kappa shape index (κ1) is 17.9. The van der Waals surface area contributed by atoms with Crippen molar-refractivity contribution in [2.24, 2.45) is 4.36 Å².